The van der Waals surface area contributed by atoms with E-state index in [9.17, 15) is 9.59 Å². The molecule has 1 saturated heterocycles. The Balaban J connectivity index is 2.32. The first kappa shape index (κ1) is 14.4. The molecule has 1 unspecified atom stereocenters. The summed E-state index contributed by atoms with van der Waals surface area (Å²) >= 11 is 0. The van der Waals surface area contributed by atoms with Gasteiger partial charge < -0.3 is 14.4 Å². The second-order valence-corrected chi connectivity index (χ2v) is 4.78. The van der Waals surface area contributed by atoms with Crippen molar-refractivity contribution in [1.29, 1.82) is 0 Å². The van der Waals surface area contributed by atoms with Crippen LogP contribution in [0.15, 0.2) is 18.2 Å². The maximum absolute atomic E-state index is 11.9. The van der Waals surface area contributed by atoms with Gasteiger partial charge in [-0.1, -0.05) is 13.0 Å². The van der Waals surface area contributed by atoms with Gasteiger partial charge in [-0.2, -0.15) is 0 Å². The molecule has 2 rings (SSSR count). The van der Waals surface area contributed by atoms with Gasteiger partial charge in [0.25, 0.3) is 0 Å². The highest BCUT2D eigenvalue weighted by Gasteiger charge is 2.33. The highest BCUT2D eigenvalue weighted by molar-refractivity contribution is 6.05. The van der Waals surface area contributed by atoms with Crippen LogP contribution >= 0.6 is 0 Å². The number of amides is 1. The van der Waals surface area contributed by atoms with Crippen molar-refractivity contribution in [1.82, 2.24) is 4.90 Å². The summed E-state index contributed by atoms with van der Waals surface area (Å²) in [4.78, 5) is 25.0. The molecule has 0 aliphatic carbocycles. The quantitative estimate of drug-likeness (QED) is 0.772. The number of hydrogen-bond donors (Lipinski definition) is 0. The zero-order chi connectivity index (χ0) is 14.7. The lowest BCUT2D eigenvalue weighted by atomic mass is 10.0. The first-order valence-electron chi connectivity index (χ1n) is 6.63. The summed E-state index contributed by atoms with van der Waals surface area (Å²) in [5, 5.41) is 0. The fraction of sp³-hybridized carbons (Fsp3) is 0.467. The van der Waals surface area contributed by atoms with Gasteiger partial charge in [0.15, 0.2) is 17.3 Å². The van der Waals surface area contributed by atoms with E-state index in [-0.39, 0.29) is 30.7 Å². The highest BCUT2D eigenvalue weighted by atomic mass is 16.5. The SMILES string of the molecule is CCC(c1ccc(OC)c(OC)c1)N1CC(=O)CC1=O. The molecule has 1 aliphatic rings. The Morgan fingerprint density at radius 2 is 1.90 bits per heavy atom. The summed E-state index contributed by atoms with van der Waals surface area (Å²) < 4.78 is 10.5. The van der Waals surface area contributed by atoms with Crippen LogP contribution in [0, 0.1) is 0 Å². The number of hydrogen-bond acceptors (Lipinski definition) is 4. The number of nitrogens with zero attached hydrogens (tertiary/aromatic N) is 1. The minimum atomic E-state index is -0.103. The van der Waals surface area contributed by atoms with Gasteiger partial charge in [0.2, 0.25) is 5.91 Å². The Morgan fingerprint density at radius 1 is 1.20 bits per heavy atom. The molecule has 0 spiro atoms. The van der Waals surface area contributed by atoms with Crippen molar-refractivity contribution in [2.45, 2.75) is 25.8 Å². The van der Waals surface area contributed by atoms with Crippen molar-refractivity contribution in [3.05, 3.63) is 23.8 Å². The van der Waals surface area contributed by atoms with Crippen molar-refractivity contribution in [2.75, 3.05) is 20.8 Å². The zero-order valence-corrected chi connectivity index (χ0v) is 12.0. The Kier molecular flexibility index (Phi) is 4.27. The van der Waals surface area contributed by atoms with E-state index in [1.165, 1.54) is 0 Å². The number of methoxy groups -OCH3 is 2. The smallest absolute Gasteiger partial charge is 0.231 e. The highest BCUT2D eigenvalue weighted by Crippen LogP contribution is 2.34. The average Bonchev–Trinajstić information content (AvgIpc) is 2.78. The van der Waals surface area contributed by atoms with Gasteiger partial charge >= 0.3 is 0 Å². The largest absolute Gasteiger partial charge is 0.493 e. The van der Waals surface area contributed by atoms with Crippen LogP contribution in [0.4, 0.5) is 0 Å². The van der Waals surface area contributed by atoms with Crippen LogP contribution in [0.2, 0.25) is 0 Å². The molecular formula is C15H19NO4. The van der Waals surface area contributed by atoms with Gasteiger partial charge in [-0.05, 0) is 24.1 Å². The van der Waals surface area contributed by atoms with Gasteiger partial charge in [0, 0.05) is 0 Å². The topological polar surface area (TPSA) is 55.8 Å². The fourth-order valence-electron chi connectivity index (χ4n) is 2.58. The van der Waals surface area contributed by atoms with E-state index < -0.39 is 0 Å². The predicted molar refractivity (Wildman–Crippen MR) is 73.9 cm³/mol. The van der Waals surface area contributed by atoms with E-state index in [2.05, 4.69) is 0 Å². The molecule has 1 heterocycles. The van der Waals surface area contributed by atoms with E-state index in [0.717, 1.165) is 12.0 Å². The third kappa shape index (κ3) is 2.61. The van der Waals surface area contributed by atoms with E-state index in [1.54, 1.807) is 19.1 Å². The average molecular weight is 277 g/mol. The Bertz CT molecular complexity index is 527. The third-order valence-electron chi connectivity index (χ3n) is 3.57. The minimum Gasteiger partial charge on any atom is -0.493 e. The second-order valence-electron chi connectivity index (χ2n) is 4.78. The molecule has 1 aromatic carbocycles. The van der Waals surface area contributed by atoms with Crippen LogP contribution in [0.5, 0.6) is 11.5 Å². The van der Waals surface area contributed by atoms with Crippen molar-refractivity contribution in [2.24, 2.45) is 0 Å². The molecule has 0 saturated carbocycles. The van der Waals surface area contributed by atoms with Crippen molar-refractivity contribution < 1.29 is 19.1 Å². The summed E-state index contributed by atoms with van der Waals surface area (Å²) in [6, 6.07) is 5.49. The molecule has 20 heavy (non-hydrogen) atoms. The van der Waals surface area contributed by atoms with Crippen LogP contribution in [0.3, 0.4) is 0 Å². The Hall–Kier alpha value is -2.04. The lowest BCUT2D eigenvalue weighted by molar-refractivity contribution is -0.129. The number of rotatable bonds is 5. The van der Waals surface area contributed by atoms with Crippen LogP contribution in [-0.4, -0.2) is 37.4 Å². The second kappa shape index (κ2) is 5.94. The number of carbonyl (C=O) groups is 2. The zero-order valence-electron chi connectivity index (χ0n) is 12.0. The van der Waals surface area contributed by atoms with Gasteiger partial charge in [-0.3, -0.25) is 9.59 Å². The van der Waals surface area contributed by atoms with Gasteiger partial charge in [-0.15, -0.1) is 0 Å². The molecule has 5 nitrogen and oxygen atoms in total. The van der Waals surface area contributed by atoms with E-state index in [0.29, 0.717) is 11.5 Å². The predicted octanol–water partition coefficient (Wildman–Crippen LogP) is 1.96. The van der Waals surface area contributed by atoms with Crippen molar-refractivity contribution in [3.63, 3.8) is 0 Å². The molecule has 0 bridgehead atoms. The van der Waals surface area contributed by atoms with Crippen LogP contribution in [0.1, 0.15) is 31.4 Å². The summed E-state index contributed by atoms with van der Waals surface area (Å²) in [6.45, 7) is 2.20. The molecule has 1 fully saturated rings. The molecule has 5 heteroatoms. The van der Waals surface area contributed by atoms with Crippen LogP contribution in [0.25, 0.3) is 0 Å². The summed E-state index contributed by atoms with van der Waals surface area (Å²) in [7, 11) is 3.16. The maximum atomic E-state index is 11.9. The van der Waals surface area contributed by atoms with Gasteiger partial charge in [0.1, 0.15) is 0 Å². The maximum Gasteiger partial charge on any atom is 0.231 e. The van der Waals surface area contributed by atoms with E-state index in [4.69, 9.17) is 9.47 Å². The molecule has 0 N–H and O–H groups in total. The van der Waals surface area contributed by atoms with Gasteiger partial charge in [-0.25, -0.2) is 0 Å². The minimum absolute atomic E-state index is 0.0176. The summed E-state index contributed by atoms with van der Waals surface area (Å²) in [6.07, 6.45) is 0.762. The molecule has 0 aromatic heterocycles. The number of benzene rings is 1. The number of ether oxygens (including phenoxy) is 2. The first-order chi connectivity index (χ1) is 9.60. The fourth-order valence-corrected chi connectivity index (χ4v) is 2.58. The summed E-state index contributed by atoms with van der Waals surface area (Å²) in [5.74, 6) is 1.15. The third-order valence-corrected chi connectivity index (χ3v) is 3.57. The number of likely N-dealkylation sites (tertiary alicyclic amines) is 1. The van der Waals surface area contributed by atoms with Crippen molar-refractivity contribution in [3.8, 4) is 11.5 Å². The lowest BCUT2D eigenvalue weighted by Gasteiger charge is -2.27. The number of carbonyl (C=O) groups excluding carboxylic acids is 2. The lowest BCUT2D eigenvalue weighted by Crippen LogP contribution is -2.30. The monoisotopic (exact) mass is 277 g/mol. The molecule has 0 radical (unpaired) electrons. The molecular weight excluding hydrogens is 258 g/mol. The molecule has 108 valence electrons. The normalized spacial score (nSPS) is 16.4. The molecule has 1 aliphatic heterocycles. The first-order valence-corrected chi connectivity index (χ1v) is 6.63. The summed E-state index contributed by atoms with van der Waals surface area (Å²) in [5.41, 5.74) is 0.952. The molecule has 1 atom stereocenters. The molecule has 1 amide bonds. The standard InChI is InChI=1S/C15H19NO4/c1-4-12(16-9-11(17)8-15(16)18)10-5-6-13(19-2)14(7-10)20-3/h5-7,12H,4,8-9H2,1-3H3. The number of Topliss-reactive ketones (excluding diaryl/α,β-unsaturated/α-hetero) is 1. The van der Waals surface area contributed by atoms with E-state index >= 15 is 0 Å². The number of ketones is 1. The van der Waals surface area contributed by atoms with Gasteiger partial charge in [0.05, 0.1) is 33.2 Å². The van der Waals surface area contributed by atoms with Crippen LogP contribution < -0.4 is 9.47 Å². The van der Waals surface area contributed by atoms with E-state index in [1.807, 2.05) is 25.1 Å². The van der Waals surface area contributed by atoms with Crippen LogP contribution in [-0.2, 0) is 9.59 Å². The Labute approximate surface area is 118 Å². The van der Waals surface area contributed by atoms with Crippen molar-refractivity contribution >= 4 is 11.7 Å². The molecule has 1 aromatic rings. The Morgan fingerprint density at radius 3 is 2.40 bits per heavy atom.